The maximum Gasteiger partial charge on any atom is 0.243 e. The van der Waals surface area contributed by atoms with Gasteiger partial charge < -0.3 is 4.57 Å². The minimum absolute atomic E-state index is 0.141. The zero-order chi connectivity index (χ0) is 16.6. The summed E-state index contributed by atoms with van der Waals surface area (Å²) < 4.78 is 29.7. The second-order valence-corrected chi connectivity index (χ2v) is 8.19. The van der Waals surface area contributed by atoms with Gasteiger partial charge in [-0.05, 0) is 49.1 Å². The van der Waals surface area contributed by atoms with Gasteiger partial charge in [-0.15, -0.1) is 0 Å². The average Bonchev–Trinajstić information content (AvgIpc) is 3.04. The molecule has 3 rings (SSSR count). The first kappa shape index (κ1) is 16.3. The third kappa shape index (κ3) is 2.83. The highest BCUT2D eigenvalue weighted by Gasteiger charge is 2.33. The highest BCUT2D eigenvalue weighted by Crippen LogP contribution is 2.31. The number of hydrogen-bond donors (Lipinski definition) is 0. The molecule has 0 bridgehead atoms. The quantitative estimate of drug-likeness (QED) is 0.855. The second kappa shape index (κ2) is 6.13. The molecule has 5 heteroatoms. The van der Waals surface area contributed by atoms with Gasteiger partial charge in [-0.1, -0.05) is 26.0 Å². The van der Waals surface area contributed by atoms with Crippen molar-refractivity contribution in [1.82, 2.24) is 8.87 Å². The standard InChI is InChI=1S/C18H24N2O2S/c1-4-14(2)16-7-9-17(10-8-16)23(21,22)20-13-12-19-11-5-6-18(19)15(20)3/h5-11,14-15H,4,12-13H2,1-3H3/t14-,15+/m1/s1. The topological polar surface area (TPSA) is 42.3 Å². The summed E-state index contributed by atoms with van der Waals surface area (Å²) in [5, 5.41) is 0. The highest BCUT2D eigenvalue weighted by atomic mass is 32.2. The second-order valence-electron chi connectivity index (χ2n) is 6.30. The van der Waals surface area contributed by atoms with E-state index in [1.165, 1.54) is 5.56 Å². The molecule has 2 heterocycles. The van der Waals surface area contributed by atoms with Gasteiger partial charge in [0.2, 0.25) is 10.0 Å². The Morgan fingerprint density at radius 2 is 1.87 bits per heavy atom. The number of aromatic nitrogens is 1. The summed E-state index contributed by atoms with van der Waals surface area (Å²) in [4.78, 5) is 0.386. The molecule has 1 aromatic heterocycles. The molecule has 0 N–H and O–H groups in total. The predicted molar refractivity (Wildman–Crippen MR) is 91.9 cm³/mol. The molecule has 0 saturated carbocycles. The number of sulfonamides is 1. The first-order chi connectivity index (χ1) is 10.9. The summed E-state index contributed by atoms with van der Waals surface area (Å²) in [6.07, 6.45) is 3.06. The Morgan fingerprint density at radius 3 is 2.52 bits per heavy atom. The van der Waals surface area contributed by atoms with E-state index in [0.717, 1.165) is 12.1 Å². The predicted octanol–water partition coefficient (Wildman–Crippen LogP) is 3.77. The van der Waals surface area contributed by atoms with Crippen molar-refractivity contribution in [2.75, 3.05) is 6.54 Å². The fourth-order valence-electron chi connectivity index (χ4n) is 3.23. The van der Waals surface area contributed by atoms with Gasteiger partial charge in [0.15, 0.2) is 0 Å². The molecule has 0 saturated heterocycles. The van der Waals surface area contributed by atoms with Gasteiger partial charge in [-0.2, -0.15) is 4.31 Å². The van der Waals surface area contributed by atoms with Gasteiger partial charge >= 0.3 is 0 Å². The Labute approximate surface area is 138 Å². The summed E-state index contributed by atoms with van der Waals surface area (Å²) in [5.41, 5.74) is 2.24. The first-order valence-electron chi connectivity index (χ1n) is 8.22. The van der Waals surface area contributed by atoms with Crippen LogP contribution in [0.25, 0.3) is 0 Å². The maximum atomic E-state index is 13.0. The monoisotopic (exact) mass is 332 g/mol. The highest BCUT2D eigenvalue weighted by molar-refractivity contribution is 7.89. The fraction of sp³-hybridized carbons (Fsp3) is 0.444. The van der Waals surface area contributed by atoms with Crippen LogP contribution in [0.4, 0.5) is 0 Å². The van der Waals surface area contributed by atoms with Crippen molar-refractivity contribution in [3.8, 4) is 0 Å². The Balaban J connectivity index is 1.90. The smallest absolute Gasteiger partial charge is 0.243 e. The van der Waals surface area contributed by atoms with E-state index in [2.05, 4.69) is 18.4 Å². The summed E-state index contributed by atoms with van der Waals surface area (Å²) >= 11 is 0. The van der Waals surface area contributed by atoms with Crippen LogP contribution in [0.15, 0.2) is 47.5 Å². The molecule has 2 aromatic rings. The molecular weight excluding hydrogens is 308 g/mol. The van der Waals surface area contributed by atoms with Crippen LogP contribution in [0.2, 0.25) is 0 Å². The molecule has 0 aliphatic carbocycles. The van der Waals surface area contributed by atoms with E-state index in [9.17, 15) is 8.42 Å². The average molecular weight is 332 g/mol. The Hall–Kier alpha value is -1.59. The van der Waals surface area contributed by atoms with Gasteiger partial charge in [0.25, 0.3) is 0 Å². The van der Waals surface area contributed by atoms with Crippen molar-refractivity contribution in [3.05, 3.63) is 53.9 Å². The van der Waals surface area contributed by atoms with Crippen LogP contribution in [0, 0.1) is 0 Å². The fourth-order valence-corrected chi connectivity index (χ4v) is 4.82. The van der Waals surface area contributed by atoms with Crippen molar-refractivity contribution < 1.29 is 8.42 Å². The van der Waals surface area contributed by atoms with Crippen molar-refractivity contribution in [2.24, 2.45) is 0 Å². The lowest BCUT2D eigenvalue weighted by Gasteiger charge is -2.33. The van der Waals surface area contributed by atoms with E-state index >= 15 is 0 Å². The molecule has 1 aromatic carbocycles. The molecule has 2 atom stereocenters. The molecule has 1 aliphatic heterocycles. The van der Waals surface area contributed by atoms with Crippen LogP contribution in [-0.4, -0.2) is 23.8 Å². The molecule has 1 aliphatic rings. The number of benzene rings is 1. The van der Waals surface area contributed by atoms with E-state index in [4.69, 9.17) is 0 Å². The first-order valence-corrected chi connectivity index (χ1v) is 9.66. The molecule has 4 nitrogen and oxygen atoms in total. The SMILES string of the molecule is CC[C@@H](C)c1ccc(S(=O)(=O)N2CCn3cccc3[C@@H]2C)cc1. The largest absolute Gasteiger partial charge is 0.349 e. The summed E-state index contributed by atoms with van der Waals surface area (Å²) in [6, 6.07) is 11.2. The lowest BCUT2D eigenvalue weighted by Crippen LogP contribution is -2.40. The van der Waals surface area contributed by atoms with Crippen LogP contribution in [0.3, 0.4) is 0 Å². The van der Waals surface area contributed by atoms with E-state index in [0.29, 0.717) is 23.9 Å². The van der Waals surface area contributed by atoms with Crippen LogP contribution in [0.5, 0.6) is 0 Å². The third-order valence-electron chi connectivity index (χ3n) is 4.95. The molecule has 0 fully saturated rings. The summed E-state index contributed by atoms with van der Waals surface area (Å²) in [5.74, 6) is 0.448. The Morgan fingerprint density at radius 1 is 1.17 bits per heavy atom. The molecule has 0 radical (unpaired) electrons. The summed E-state index contributed by atoms with van der Waals surface area (Å²) in [7, 11) is -3.46. The van der Waals surface area contributed by atoms with Gasteiger partial charge in [0.1, 0.15) is 0 Å². The molecule has 0 unspecified atom stereocenters. The number of fused-ring (bicyclic) bond motifs is 1. The molecule has 124 valence electrons. The van der Waals surface area contributed by atoms with Crippen molar-refractivity contribution in [3.63, 3.8) is 0 Å². The van der Waals surface area contributed by atoms with E-state index in [1.54, 1.807) is 16.4 Å². The maximum absolute atomic E-state index is 13.0. The van der Waals surface area contributed by atoms with Crippen molar-refractivity contribution in [2.45, 2.75) is 50.6 Å². The van der Waals surface area contributed by atoms with Gasteiger partial charge in [-0.3, -0.25) is 0 Å². The van der Waals surface area contributed by atoms with Gasteiger partial charge in [-0.25, -0.2) is 8.42 Å². The van der Waals surface area contributed by atoms with E-state index < -0.39 is 10.0 Å². The lowest BCUT2D eigenvalue weighted by molar-refractivity contribution is 0.282. The molecule has 23 heavy (non-hydrogen) atoms. The zero-order valence-corrected chi connectivity index (χ0v) is 14.8. The van der Waals surface area contributed by atoms with Crippen LogP contribution >= 0.6 is 0 Å². The number of nitrogens with zero attached hydrogens (tertiary/aromatic N) is 2. The third-order valence-corrected chi connectivity index (χ3v) is 6.94. The normalized spacial score (nSPS) is 20.2. The lowest BCUT2D eigenvalue weighted by atomic mass is 9.99. The number of hydrogen-bond acceptors (Lipinski definition) is 2. The van der Waals surface area contributed by atoms with Crippen LogP contribution in [0.1, 0.15) is 50.4 Å². The minimum Gasteiger partial charge on any atom is -0.349 e. The zero-order valence-electron chi connectivity index (χ0n) is 13.9. The minimum atomic E-state index is -3.46. The number of rotatable bonds is 4. The van der Waals surface area contributed by atoms with Gasteiger partial charge in [0, 0.05) is 25.0 Å². The van der Waals surface area contributed by atoms with Crippen LogP contribution < -0.4 is 0 Å². The molecular formula is C18H24N2O2S. The Bertz CT molecular complexity index is 778. The van der Waals surface area contributed by atoms with E-state index in [1.807, 2.05) is 37.4 Å². The van der Waals surface area contributed by atoms with E-state index in [-0.39, 0.29) is 6.04 Å². The van der Waals surface area contributed by atoms with Gasteiger partial charge in [0.05, 0.1) is 10.9 Å². The molecule has 0 amide bonds. The summed E-state index contributed by atoms with van der Waals surface area (Å²) in [6.45, 7) is 7.47. The van der Waals surface area contributed by atoms with Crippen molar-refractivity contribution >= 4 is 10.0 Å². The Kier molecular flexibility index (Phi) is 4.34. The van der Waals surface area contributed by atoms with Crippen molar-refractivity contribution in [1.29, 1.82) is 0 Å². The molecule has 0 spiro atoms. The van der Waals surface area contributed by atoms with Crippen LogP contribution in [-0.2, 0) is 16.6 Å².